The number of ether oxygens (including phenoxy) is 2. The largest absolute Gasteiger partial charge is 0.497 e. The molecule has 0 aliphatic heterocycles. The molecule has 4 heteroatoms. The van der Waals surface area contributed by atoms with Crippen molar-refractivity contribution in [1.82, 2.24) is 4.98 Å². The third kappa shape index (κ3) is 3.51. The fraction of sp³-hybridized carbons (Fsp3) is 0.312. The maximum atomic E-state index is 5.76. The molecule has 0 saturated heterocycles. The molecular formula is C16H18BrNO2. The minimum atomic E-state index is 0.0895. The fourth-order valence-electron chi connectivity index (χ4n) is 1.69. The molecule has 0 N–H and O–H groups in total. The second kappa shape index (κ2) is 5.83. The summed E-state index contributed by atoms with van der Waals surface area (Å²) in [4.78, 5) is 4.35. The van der Waals surface area contributed by atoms with Gasteiger partial charge in [0.1, 0.15) is 11.5 Å². The van der Waals surface area contributed by atoms with E-state index in [2.05, 4.69) is 41.7 Å². The number of pyridine rings is 1. The fourth-order valence-corrected chi connectivity index (χ4v) is 2.13. The summed E-state index contributed by atoms with van der Waals surface area (Å²) in [6.07, 6.45) is 1.85. The van der Waals surface area contributed by atoms with Crippen LogP contribution in [0.15, 0.2) is 41.0 Å². The molecule has 0 aliphatic rings. The van der Waals surface area contributed by atoms with Crippen LogP contribution in [0.5, 0.6) is 17.4 Å². The van der Waals surface area contributed by atoms with E-state index < -0.39 is 0 Å². The number of benzene rings is 1. The van der Waals surface area contributed by atoms with E-state index in [1.165, 1.54) is 5.56 Å². The standard InChI is InChI=1S/C16H18BrNO2/c1-16(2,3)11-5-8-15(18-10-11)20-14-7-6-12(19-4)9-13(14)17/h5-10H,1-4H3. The van der Waals surface area contributed by atoms with Crippen molar-refractivity contribution in [2.24, 2.45) is 0 Å². The van der Waals surface area contributed by atoms with Crippen molar-refractivity contribution < 1.29 is 9.47 Å². The minimum Gasteiger partial charge on any atom is -0.497 e. The predicted molar refractivity (Wildman–Crippen MR) is 83.7 cm³/mol. The number of rotatable bonds is 3. The summed E-state index contributed by atoms with van der Waals surface area (Å²) in [5.41, 5.74) is 1.27. The lowest BCUT2D eigenvalue weighted by molar-refractivity contribution is 0.411. The molecule has 0 aliphatic carbocycles. The third-order valence-electron chi connectivity index (χ3n) is 2.96. The van der Waals surface area contributed by atoms with Crippen molar-refractivity contribution in [2.45, 2.75) is 26.2 Å². The zero-order valence-electron chi connectivity index (χ0n) is 12.1. The molecule has 2 aromatic rings. The summed E-state index contributed by atoms with van der Waals surface area (Å²) >= 11 is 3.46. The summed E-state index contributed by atoms with van der Waals surface area (Å²) in [6.45, 7) is 6.47. The van der Waals surface area contributed by atoms with Gasteiger partial charge < -0.3 is 9.47 Å². The van der Waals surface area contributed by atoms with Gasteiger partial charge in [0.05, 0.1) is 11.6 Å². The summed E-state index contributed by atoms with van der Waals surface area (Å²) in [6, 6.07) is 9.49. The van der Waals surface area contributed by atoms with Gasteiger partial charge in [-0.2, -0.15) is 0 Å². The Kier molecular flexibility index (Phi) is 4.33. The van der Waals surface area contributed by atoms with E-state index in [0.29, 0.717) is 11.6 Å². The maximum absolute atomic E-state index is 5.76. The Bertz CT molecular complexity index is 588. The monoisotopic (exact) mass is 335 g/mol. The Morgan fingerprint density at radius 3 is 2.35 bits per heavy atom. The van der Waals surface area contributed by atoms with E-state index >= 15 is 0 Å². The first-order valence-electron chi connectivity index (χ1n) is 6.38. The zero-order valence-corrected chi connectivity index (χ0v) is 13.7. The molecule has 20 heavy (non-hydrogen) atoms. The minimum absolute atomic E-state index is 0.0895. The van der Waals surface area contributed by atoms with Crippen LogP contribution in [0.4, 0.5) is 0 Å². The van der Waals surface area contributed by atoms with Gasteiger partial charge in [0.2, 0.25) is 5.88 Å². The quantitative estimate of drug-likeness (QED) is 0.795. The Hall–Kier alpha value is -1.55. The van der Waals surface area contributed by atoms with Gasteiger partial charge >= 0.3 is 0 Å². The topological polar surface area (TPSA) is 31.4 Å². The molecule has 2 rings (SSSR count). The molecule has 0 spiro atoms. The van der Waals surface area contributed by atoms with E-state index in [0.717, 1.165) is 10.2 Å². The molecule has 0 fully saturated rings. The van der Waals surface area contributed by atoms with Gasteiger partial charge in [-0.05, 0) is 45.1 Å². The third-order valence-corrected chi connectivity index (χ3v) is 3.58. The van der Waals surface area contributed by atoms with E-state index in [9.17, 15) is 0 Å². The normalized spacial score (nSPS) is 11.2. The van der Waals surface area contributed by atoms with E-state index in [-0.39, 0.29) is 5.41 Å². The number of aromatic nitrogens is 1. The van der Waals surface area contributed by atoms with Crippen LogP contribution in [-0.4, -0.2) is 12.1 Å². The van der Waals surface area contributed by atoms with Gasteiger partial charge in [0.15, 0.2) is 0 Å². The van der Waals surface area contributed by atoms with E-state index in [1.807, 2.05) is 36.5 Å². The highest BCUT2D eigenvalue weighted by molar-refractivity contribution is 9.10. The molecule has 1 aromatic heterocycles. The van der Waals surface area contributed by atoms with Crippen molar-refractivity contribution in [3.05, 3.63) is 46.6 Å². The smallest absolute Gasteiger partial charge is 0.219 e. The molecule has 3 nitrogen and oxygen atoms in total. The van der Waals surface area contributed by atoms with E-state index in [4.69, 9.17) is 9.47 Å². The first kappa shape index (κ1) is 14.9. The molecule has 106 valence electrons. The second-order valence-electron chi connectivity index (χ2n) is 5.53. The van der Waals surface area contributed by atoms with Crippen molar-refractivity contribution in [2.75, 3.05) is 7.11 Å². The number of methoxy groups -OCH3 is 1. The first-order chi connectivity index (χ1) is 9.40. The number of halogens is 1. The van der Waals surface area contributed by atoms with Crippen LogP contribution in [0.1, 0.15) is 26.3 Å². The Morgan fingerprint density at radius 1 is 1.10 bits per heavy atom. The number of hydrogen-bond donors (Lipinski definition) is 0. The van der Waals surface area contributed by atoms with Gasteiger partial charge in [-0.15, -0.1) is 0 Å². The molecule has 1 aromatic carbocycles. The van der Waals surface area contributed by atoms with Gasteiger partial charge in [0.25, 0.3) is 0 Å². The van der Waals surface area contributed by atoms with Crippen LogP contribution in [0.2, 0.25) is 0 Å². The molecule has 0 atom stereocenters. The van der Waals surface area contributed by atoms with Crippen molar-refractivity contribution in [1.29, 1.82) is 0 Å². The maximum Gasteiger partial charge on any atom is 0.219 e. The second-order valence-corrected chi connectivity index (χ2v) is 6.39. The molecule has 0 unspecified atom stereocenters. The summed E-state index contributed by atoms with van der Waals surface area (Å²) in [5, 5.41) is 0. The number of nitrogens with zero attached hydrogens (tertiary/aromatic N) is 1. The highest BCUT2D eigenvalue weighted by atomic mass is 79.9. The first-order valence-corrected chi connectivity index (χ1v) is 7.17. The lowest BCUT2D eigenvalue weighted by atomic mass is 9.88. The Labute approximate surface area is 128 Å². The van der Waals surface area contributed by atoms with Gasteiger partial charge in [-0.3, -0.25) is 0 Å². The van der Waals surface area contributed by atoms with Crippen LogP contribution in [0.25, 0.3) is 0 Å². The molecular weight excluding hydrogens is 318 g/mol. The van der Waals surface area contributed by atoms with Crippen LogP contribution in [-0.2, 0) is 5.41 Å². The molecule has 0 radical (unpaired) electrons. The summed E-state index contributed by atoms with van der Waals surface area (Å²) in [5.74, 6) is 2.06. The van der Waals surface area contributed by atoms with Crippen LogP contribution >= 0.6 is 15.9 Å². The van der Waals surface area contributed by atoms with Crippen molar-refractivity contribution >= 4 is 15.9 Å². The van der Waals surface area contributed by atoms with Crippen LogP contribution < -0.4 is 9.47 Å². The summed E-state index contributed by atoms with van der Waals surface area (Å²) < 4.78 is 11.7. The Morgan fingerprint density at radius 2 is 1.85 bits per heavy atom. The Balaban J connectivity index is 2.18. The van der Waals surface area contributed by atoms with Crippen LogP contribution in [0.3, 0.4) is 0 Å². The molecule has 0 amide bonds. The van der Waals surface area contributed by atoms with Crippen molar-refractivity contribution in [3.63, 3.8) is 0 Å². The average molecular weight is 336 g/mol. The summed E-state index contributed by atoms with van der Waals surface area (Å²) in [7, 11) is 1.63. The molecule has 0 bridgehead atoms. The average Bonchev–Trinajstić information content (AvgIpc) is 2.40. The molecule has 1 heterocycles. The lowest BCUT2D eigenvalue weighted by Crippen LogP contribution is -2.11. The predicted octanol–water partition coefficient (Wildman–Crippen LogP) is 4.94. The highest BCUT2D eigenvalue weighted by Crippen LogP contribution is 2.32. The van der Waals surface area contributed by atoms with Gasteiger partial charge in [-0.25, -0.2) is 4.98 Å². The zero-order chi connectivity index (χ0) is 14.8. The number of hydrogen-bond acceptors (Lipinski definition) is 3. The van der Waals surface area contributed by atoms with Gasteiger partial charge in [-0.1, -0.05) is 26.8 Å². The molecule has 0 saturated carbocycles. The van der Waals surface area contributed by atoms with Gasteiger partial charge in [0, 0.05) is 12.3 Å². The lowest BCUT2D eigenvalue weighted by Gasteiger charge is -2.18. The SMILES string of the molecule is COc1ccc(Oc2ccc(C(C)(C)C)cn2)c(Br)c1. The van der Waals surface area contributed by atoms with E-state index in [1.54, 1.807) is 7.11 Å². The highest BCUT2D eigenvalue weighted by Gasteiger charge is 2.14. The van der Waals surface area contributed by atoms with Crippen LogP contribution in [0, 0.1) is 0 Å². The van der Waals surface area contributed by atoms with Crippen molar-refractivity contribution in [3.8, 4) is 17.4 Å².